The molecule has 80 valence electrons. The zero-order valence-electron chi connectivity index (χ0n) is 8.70. The monoisotopic (exact) mass is 204 g/mol. The van der Waals surface area contributed by atoms with Crippen LogP contribution in [0.15, 0.2) is 24.3 Å². The Morgan fingerprint density at radius 2 is 2.27 bits per heavy atom. The van der Waals surface area contributed by atoms with E-state index in [1.165, 1.54) is 12.0 Å². The predicted molar refractivity (Wildman–Crippen MR) is 59.1 cm³/mol. The third-order valence-corrected chi connectivity index (χ3v) is 3.20. The second kappa shape index (κ2) is 3.83. The molecule has 1 aromatic carbocycles. The summed E-state index contributed by atoms with van der Waals surface area (Å²) in [6, 6.07) is 9.29. The normalized spacial score (nSPS) is 28.8. The van der Waals surface area contributed by atoms with Gasteiger partial charge in [-0.15, -0.1) is 0 Å². The first-order valence-corrected chi connectivity index (χ1v) is 5.62. The van der Waals surface area contributed by atoms with Crippen molar-refractivity contribution in [3.63, 3.8) is 0 Å². The van der Waals surface area contributed by atoms with E-state index >= 15 is 0 Å². The molecular formula is C12H16N2O. The molecule has 0 aromatic heterocycles. The number of fused-ring (bicyclic) bond motifs is 1. The van der Waals surface area contributed by atoms with Gasteiger partial charge in [0.2, 0.25) is 0 Å². The molecule has 0 radical (unpaired) electrons. The van der Waals surface area contributed by atoms with Gasteiger partial charge in [0.05, 0.1) is 6.04 Å². The number of benzene rings is 1. The molecule has 1 fully saturated rings. The summed E-state index contributed by atoms with van der Waals surface area (Å²) in [5.41, 5.74) is 1.31. The molecule has 1 aromatic rings. The van der Waals surface area contributed by atoms with Crippen LogP contribution in [0.5, 0.6) is 5.75 Å². The van der Waals surface area contributed by atoms with Crippen molar-refractivity contribution in [2.75, 3.05) is 19.7 Å². The van der Waals surface area contributed by atoms with E-state index in [0.717, 1.165) is 25.4 Å². The summed E-state index contributed by atoms with van der Waals surface area (Å²) in [5.74, 6) is 1.04. The quantitative estimate of drug-likeness (QED) is 0.756. The van der Waals surface area contributed by atoms with E-state index in [0.29, 0.717) is 12.1 Å². The van der Waals surface area contributed by atoms with Crippen LogP contribution in [0.2, 0.25) is 0 Å². The van der Waals surface area contributed by atoms with Crippen LogP contribution in [0, 0.1) is 0 Å². The molecule has 3 nitrogen and oxygen atoms in total. The second-order valence-corrected chi connectivity index (χ2v) is 4.26. The fourth-order valence-corrected chi connectivity index (χ4v) is 2.38. The minimum Gasteiger partial charge on any atom is -0.491 e. The lowest BCUT2D eigenvalue weighted by atomic mass is 10.1. The molecule has 2 heterocycles. The Balaban J connectivity index is 1.73. The van der Waals surface area contributed by atoms with Gasteiger partial charge in [0.1, 0.15) is 12.4 Å². The maximum absolute atomic E-state index is 5.64. The Labute approximate surface area is 89.8 Å². The van der Waals surface area contributed by atoms with Gasteiger partial charge in [0.15, 0.2) is 0 Å². The Morgan fingerprint density at radius 1 is 1.33 bits per heavy atom. The number of rotatable bonds is 2. The maximum Gasteiger partial charge on any atom is 0.124 e. The van der Waals surface area contributed by atoms with E-state index in [1.54, 1.807) is 0 Å². The average Bonchev–Trinajstić information content (AvgIpc) is 2.89. The number of nitrogens with one attached hydrogen (secondary N) is 2. The molecule has 2 N–H and O–H groups in total. The van der Waals surface area contributed by atoms with E-state index in [2.05, 4.69) is 22.8 Å². The minimum absolute atomic E-state index is 0.381. The highest BCUT2D eigenvalue weighted by Crippen LogP contribution is 2.32. The lowest BCUT2D eigenvalue weighted by Crippen LogP contribution is -2.35. The van der Waals surface area contributed by atoms with Crippen LogP contribution in [0.3, 0.4) is 0 Å². The Bertz CT molecular complexity index is 347. The largest absolute Gasteiger partial charge is 0.491 e. The summed E-state index contributed by atoms with van der Waals surface area (Å²) < 4.78 is 5.64. The minimum atomic E-state index is 0.381. The third-order valence-electron chi connectivity index (χ3n) is 3.20. The molecule has 0 spiro atoms. The molecule has 0 aliphatic carbocycles. The van der Waals surface area contributed by atoms with Crippen LogP contribution < -0.4 is 15.4 Å². The Morgan fingerprint density at radius 3 is 3.13 bits per heavy atom. The topological polar surface area (TPSA) is 33.3 Å². The van der Waals surface area contributed by atoms with Crippen molar-refractivity contribution in [3.05, 3.63) is 29.8 Å². The highest BCUT2D eigenvalue weighted by molar-refractivity contribution is 5.39. The maximum atomic E-state index is 5.64. The Hall–Kier alpha value is -1.06. The van der Waals surface area contributed by atoms with E-state index < -0.39 is 0 Å². The van der Waals surface area contributed by atoms with Gasteiger partial charge in [-0.25, -0.2) is 0 Å². The first-order valence-electron chi connectivity index (χ1n) is 5.62. The molecule has 1 saturated heterocycles. The average molecular weight is 204 g/mol. The van der Waals surface area contributed by atoms with Crippen molar-refractivity contribution >= 4 is 0 Å². The van der Waals surface area contributed by atoms with Crippen LogP contribution in [0.25, 0.3) is 0 Å². The first kappa shape index (κ1) is 9.19. The summed E-state index contributed by atoms with van der Waals surface area (Å²) in [6.45, 7) is 2.99. The molecule has 2 aliphatic heterocycles. The van der Waals surface area contributed by atoms with Gasteiger partial charge in [0.25, 0.3) is 0 Å². The molecule has 2 atom stereocenters. The van der Waals surface area contributed by atoms with Crippen molar-refractivity contribution in [3.8, 4) is 5.75 Å². The van der Waals surface area contributed by atoms with Gasteiger partial charge in [-0.05, 0) is 19.0 Å². The molecule has 0 amide bonds. The molecular weight excluding hydrogens is 188 g/mol. The molecule has 3 heteroatoms. The van der Waals surface area contributed by atoms with Crippen molar-refractivity contribution in [1.29, 1.82) is 0 Å². The summed E-state index contributed by atoms with van der Waals surface area (Å²) in [7, 11) is 0. The fourth-order valence-electron chi connectivity index (χ4n) is 2.38. The highest BCUT2D eigenvalue weighted by atomic mass is 16.5. The standard InChI is InChI=1S/C12H16N2O/c1-2-4-12-10(3-1)11(8-15-12)14-9-5-6-13-7-9/h1-4,9,11,13-14H,5-8H2. The fraction of sp³-hybridized carbons (Fsp3) is 0.500. The molecule has 0 saturated carbocycles. The van der Waals surface area contributed by atoms with E-state index in [4.69, 9.17) is 4.74 Å². The molecule has 15 heavy (non-hydrogen) atoms. The second-order valence-electron chi connectivity index (χ2n) is 4.26. The zero-order chi connectivity index (χ0) is 10.1. The van der Waals surface area contributed by atoms with Crippen LogP contribution in [-0.4, -0.2) is 25.7 Å². The summed E-state index contributed by atoms with van der Waals surface area (Å²) >= 11 is 0. The SMILES string of the molecule is c1ccc2c(c1)OCC2NC1CCNC1. The highest BCUT2D eigenvalue weighted by Gasteiger charge is 2.26. The lowest BCUT2D eigenvalue weighted by molar-refractivity contribution is 0.300. The molecule has 2 aliphatic rings. The van der Waals surface area contributed by atoms with Crippen LogP contribution in [0.1, 0.15) is 18.0 Å². The predicted octanol–water partition coefficient (Wildman–Crippen LogP) is 1.07. The van der Waals surface area contributed by atoms with Crippen molar-refractivity contribution in [2.45, 2.75) is 18.5 Å². The third kappa shape index (κ3) is 1.73. The number of hydrogen-bond donors (Lipinski definition) is 2. The van der Waals surface area contributed by atoms with Gasteiger partial charge in [-0.1, -0.05) is 18.2 Å². The van der Waals surface area contributed by atoms with E-state index in [9.17, 15) is 0 Å². The summed E-state index contributed by atoms with van der Waals surface area (Å²) in [6.07, 6.45) is 1.22. The molecule has 3 rings (SSSR count). The number of para-hydroxylation sites is 1. The van der Waals surface area contributed by atoms with Crippen LogP contribution in [0.4, 0.5) is 0 Å². The van der Waals surface area contributed by atoms with Crippen molar-refractivity contribution in [2.24, 2.45) is 0 Å². The van der Waals surface area contributed by atoms with Gasteiger partial charge < -0.3 is 15.4 Å². The van der Waals surface area contributed by atoms with Gasteiger partial charge in [-0.3, -0.25) is 0 Å². The van der Waals surface area contributed by atoms with E-state index in [-0.39, 0.29) is 0 Å². The number of ether oxygens (including phenoxy) is 1. The Kier molecular flexibility index (Phi) is 2.35. The first-order chi connectivity index (χ1) is 7.43. The molecule has 2 unspecified atom stereocenters. The van der Waals surface area contributed by atoms with Crippen LogP contribution >= 0.6 is 0 Å². The van der Waals surface area contributed by atoms with Gasteiger partial charge in [-0.2, -0.15) is 0 Å². The molecule has 0 bridgehead atoms. The smallest absolute Gasteiger partial charge is 0.124 e. The van der Waals surface area contributed by atoms with Crippen molar-refractivity contribution < 1.29 is 4.74 Å². The van der Waals surface area contributed by atoms with Gasteiger partial charge >= 0.3 is 0 Å². The zero-order valence-corrected chi connectivity index (χ0v) is 8.70. The van der Waals surface area contributed by atoms with E-state index in [1.807, 2.05) is 12.1 Å². The van der Waals surface area contributed by atoms with Gasteiger partial charge in [0, 0.05) is 18.2 Å². The summed E-state index contributed by atoms with van der Waals surface area (Å²) in [5, 5.41) is 7.01. The van der Waals surface area contributed by atoms with Crippen LogP contribution in [-0.2, 0) is 0 Å². The summed E-state index contributed by atoms with van der Waals surface area (Å²) in [4.78, 5) is 0. The lowest BCUT2D eigenvalue weighted by Gasteiger charge is -2.16. The van der Waals surface area contributed by atoms with Crippen molar-refractivity contribution in [1.82, 2.24) is 10.6 Å². The number of hydrogen-bond acceptors (Lipinski definition) is 3.